The highest BCUT2D eigenvalue weighted by Gasteiger charge is 2.18. The molecule has 2 nitrogen and oxygen atoms in total. The van der Waals surface area contributed by atoms with Gasteiger partial charge in [-0.15, -0.1) is 11.3 Å². The number of thiophene rings is 1. The number of halogens is 1. The Bertz CT molecular complexity index is 302. The Morgan fingerprint density at radius 3 is 3.14 bits per heavy atom. The molecule has 1 saturated heterocycles. The predicted octanol–water partition coefficient (Wildman–Crippen LogP) is 2.84. The van der Waals surface area contributed by atoms with Crippen LogP contribution in [0.5, 0.6) is 0 Å². The molecule has 0 spiro atoms. The van der Waals surface area contributed by atoms with Gasteiger partial charge in [-0.3, -0.25) is 0 Å². The predicted molar refractivity (Wildman–Crippen MR) is 60.1 cm³/mol. The van der Waals surface area contributed by atoms with Crippen molar-refractivity contribution in [2.75, 3.05) is 13.2 Å². The Hall–Kier alpha value is -0.0900. The van der Waals surface area contributed by atoms with E-state index in [-0.39, 0.29) is 6.10 Å². The molecule has 1 N–H and O–H groups in total. The summed E-state index contributed by atoms with van der Waals surface area (Å²) in [6.07, 6.45) is 1.26. The third kappa shape index (κ3) is 2.48. The fourth-order valence-electron chi connectivity index (χ4n) is 1.54. The van der Waals surface area contributed by atoms with Crippen LogP contribution in [-0.4, -0.2) is 19.2 Å². The van der Waals surface area contributed by atoms with E-state index in [0.717, 1.165) is 23.9 Å². The average Bonchev–Trinajstić information content (AvgIpc) is 2.46. The standard InChI is InChI=1S/C10H14ClNOS/c1-7-4-5-13-8(6-12-7)9-2-3-10(11)14-9/h2-3,7-8,12H,4-6H2,1H3. The van der Waals surface area contributed by atoms with Crippen molar-refractivity contribution in [1.29, 1.82) is 0 Å². The first-order valence-electron chi connectivity index (χ1n) is 4.86. The van der Waals surface area contributed by atoms with Crippen molar-refractivity contribution < 1.29 is 4.74 Å². The third-order valence-corrected chi connectivity index (χ3v) is 3.76. The van der Waals surface area contributed by atoms with Crippen molar-refractivity contribution in [1.82, 2.24) is 5.32 Å². The summed E-state index contributed by atoms with van der Waals surface area (Å²) in [5.74, 6) is 0. The minimum Gasteiger partial charge on any atom is -0.371 e. The highest BCUT2D eigenvalue weighted by molar-refractivity contribution is 7.16. The molecule has 2 atom stereocenters. The Morgan fingerprint density at radius 1 is 1.57 bits per heavy atom. The molecule has 1 fully saturated rings. The largest absolute Gasteiger partial charge is 0.371 e. The maximum absolute atomic E-state index is 5.89. The van der Waals surface area contributed by atoms with Gasteiger partial charge in [0.2, 0.25) is 0 Å². The van der Waals surface area contributed by atoms with Crippen molar-refractivity contribution in [3.63, 3.8) is 0 Å². The number of hydrogen-bond donors (Lipinski definition) is 1. The van der Waals surface area contributed by atoms with Gasteiger partial charge in [-0.25, -0.2) is 0 Å². The van der Waals surface area contributed by atoms with Crippen LogP contribution >= 0.6 is 22.9 Å². The molecule has 78 valence electrons. The summed E-state index contributed by atoms with van der Waals surface area (Å²) in [4.78, 5) is 1.22. The molecule has 1 aromatic heterocycles. The number of ether oxygens (including phenoxy) is 1. The average molecular weight is 232 g/mol. The Labute approximate surface area is 93.2 Å². The molecule has 2 rings (SSSR count). The zero-order valence-electron chi connectivity index (χ0n) is 8.13. The quantitative estimate of drug-likeness (QED) is 0.803. The highest BCUT2D eigenvalue weighted by atomic mass is 35.5. The Balaban J connectivity index is 2.04. The molecule has 0 bridgehead atoms. The molecule has 1 aliphatic heterocycles. The van der Waals surface area contributed by atoms with Crippen molar-refractivity contribution in [2.45, 2.75) is 25.5 Å². The maximum Gasteiger partial charge on any atom is 0.104 e. The van der Waals surface area contributed by atoms with Crippen LogP contribution in [0.3, 0.4) is 0 Å². The molecule has 2 unspecified atom stereocenters. The van der Waals surface area contributed by atoms with Gasteiger partial charge < -0.3 is 10.1 Å². The van der Waals surface area contributed by atoms with Gasteiger partial charge in [0.1, 0.15) is 6.10 Å². The van der Waals surface area contributed by atoms with E-state index in [0.29, 0.717) is 6.04 Å². The van der Waals surface area contributed by atoms with Crippen molar-refractivity contribution in [3.05, 3.63) is 21.3 Å². The van der Waals surface area contributed by atoms with E-state index in [1.807, 2.05) is 6.07 Å². The van der Waals surface area contributed by atoms with Crippen molar-refractivity contribution in [2.24, 2.45) is 0 Å². The van der Waals surface area contributed by atoms with E-state index < -0.39 is 0 Å². The van der Waals surface area contributed by atoms with Gasteiger partial charge in [0.25, 0.3) is 0 Å². The minimum absolute atomic E-state index is 0.178. The van der Waals surface area contributed by atoms with Crippen LogP contribution in [0.2, 0.25) is 4.34 Å². The van der Waals surface area contributed by atoms with Gasteiger partial charge in [-0.05, 0) is 25.5 Å². The topological polar surface area (TPSA) is 21.3 Å². The first-order valence-corrected chi connectivity index (χ1v) is 6.05. The van der Waals surface area contributed by atoms with E-state index in [4.69, 9.17) is 16.3 Å². The SMILES string of the molecule is CC1CCOC(c2ccc(Cl)s2)CN1. The summed E-state index contributed by atoms with van der Waals surface area (Å²) in [5.41, 5.74) is 0. The first kappa shape index (κ1) is 10.4. The van der Waals surface area contributed by atoms with E-state index in [1.165, 1.54) is 4.88 Å². The number of rotatable bonds is 1. The van der Waals surface area contributed by atoms with E-state index >= 15 is 0 Å². The summed E-state index contributed by atoms with van der Waals surface area (Å²) in [6, 6.07) is 4.53. The molecule has 0 radical (unpaired) electrons. The zero-order valence-corrected chi connectivity index (χ0v) is 9.70. The smallest absolute Gasteiger partial charge is 0.104 e. The van der Waals surface area contributed by atoms with E-state index in [2.05, 4.69) is 18.3 Å². The lowest BCUT2D eigenvalue weighted by atomic mass is 10.2. The van der Waals surface area contributed by atoms with Gasteiger partial charge >= 0.3 is 0 Å². The second-order valence-electron chi connectivity index (χ2n) is 3.60. The van der Waals surface area contributed by atoms with Crippen LogP contribution in [0, 0.1) is 0 Å². The Morgan fingerprint density at radius 2 is 2.43 bits per heavy atom. The fraction of sp³-hybridized carbons (Fsp3) is 0.600. The molecule has 0 aliphatic carbocycles. The van der Waals surface area contributed by atoms with E-state index in [9.17, 15) is 0 Å². The summed E-state index contributed by atoms with van der Waals surface area (Å²) in [7, 11) is 0. The lowest BCUT2D eigenvalue weighted by Gasteiger charge is -2.13. The second kappa shape index (κ2) is 4.62. The summed E-state index contributed by atoms with van der Waals surface area (Å²) in [5, 5.41) is 3.44. The van der Waals surface area contributed by atoms with Crippen LogP contribution < -0.4 is 5.32 Å². The minimum atomic E-state index is 0.178. The summed E-state index contributed by atoms with van der Waals surface area (Å²) in [6.45, 7) is 3.90. The molecule has 0 saturated carbocycles. The van der Waals surface area contributed by atoms with Crippen LogP contribution in [0.1, 0.15) is 24.3 Å². The highest BCUT2D eigenvalue weighted by Crippen LogP contribution is 2.29. The van der Waals surface area contributed by atoms with Gasteiger partial charge in [0, 0.05) is 24.1 Å². The van der Waals surface area contributed by atoms with Gasteiger partial charge in [-0.1, -0.05) is 11.6 Å². The Kier molecular flexibility index (Phi) is 3.44. The molecule has 1 aliphatic rings. The lowest BCUT2D eigenvalue weighted by Crippen LogP contribution is -2.27. The molecule has 2 heterocycles. The van der Waals surface area contributed by atoms with Gasteiger partial charge in [0.05, 0.1) is 4.34 Å². The van der Waals surface area contributed by atoms with Crippen molar-refractivity contribution >= 4 is 22.9 Å². The normalized spacial score (nSPS) is 28.7. The van der Waals surface area contributed by atoms with Crippen LogP contribution in [0.25, 0.3) is 0 Å². The summed E-state index contributed by atoms with van der Waals surface area (Å²) < 4.78 is 6.60. The van der Waals surface area contributed by atoms with Crippen LogP contribution in [0.4, 0.5) is 0 Å². The monoisotopic (exact) mass is 231 g/mol. The molecular formula is C10H14ClNOS. The fourth-order valence-corrected chi connectivity index (χ4v) is 2.65. The number of hydrogen-bond acceptors (Lipinski definition) is 3. The van der Waals surface area contributed by atoms with Crippen LogP contribution in [0.15, 0.2) is 12.1 Å². The molecular weight excluding hydrogens is 218 g/mol. The third-order valence-electron chi connectivity index (χ3n) is 2.43. The van der Waals surface area contributed by atoms with Gasteiger partial charge in [0.15, 0.2) is 0 Å². The van der Waals surface area contributed by atoms with Crippen molar-refractivity contribution in [3.8, 4) is 0 Å². The second-order valence-corrected chi connectivity index (χ2v) is 5.35. The van der Waals surface area contributed by atoms with Gasteiger partial charge in [-0.2, -0.15) is 0 Å². The molecule has 1 aromatic rings. The lowest BCUT2D eigenvalue weighted by molar-refractivity contribution is 0.0689. The van der Waals surface area contributed by atoms with Crippen LogP contribution in [-0.2, 0) is 4.74 Å². The summed E-state index contributed by atoms with van der Waals surface area (Å²) >= 11 is 7.50. The molecule has 0 amide bonds. The molecule has 0 aromatic carbocycles. The number of nitrogens with one attached hydrogen (secondary N) is 1. The maximum atomic E-state index is 5.89. The zero-order chi connectivity index (χ0) is 9.97. The first-order chi connectivity index (χ1) is 6.75. The van der Waals surface area contributed by atoms with E-state index in [1.54, 1.807) is 11.3 Å². The molecule has 14 heavy (non-hydrogen) atoms. The molecule has 4 heteroatoms.